The molecule has 0 fully saturated rings. The highest BCUT2D eigenvalue weighted by molar-refractivity contribution is 5.83. The number of hydrogen-bond acceptors (Lipinski definition) is 5. The van der Waals surface area contributed by atoms with Crippen LogP contribution in [0.15, 0.2) is 24.3 Å². The SMILES string of the molecule is CC(=O)O.COc1ccc2[nH]c(CNC(=O)[C@@H](N)CCCNC(N)=O)cc2c1. The lowest BCUT2D eigenvalue weighted by Gasteiger charge is -2.11. The molecule has 3 amide bonds. The number of nitrogens with two attached hydrogens (primary N) is 2. The van der Waals surface area contributed by atoms with Gasteiger partial charge in [-0.1, -0.05) is 0 Å². The van der Waals surface area contributed by atoms with Crippen LogP contribution in [0.1, 0.15) is 25.5 Å². The van der Waals surface area contributed by atoms with Crippen LogP contribution in [0.2, 0.25) is 0 Å². The van der Waals surface area contributed by atoms with Crippen LogP contribution in [-0.4, -0.2) is 47.7 Å². The minimum Gasteiger partial charge on any atom is -0.497 e. The first kappa shape index (κ1) is 22.8. The molecule has 1 aromatic carbocycles. The van der Waals surface area contributed by atoms with Crippen molar-refractivity contribution in [1.82, 2.24) is 15.6 Å². The van der Waals surface area contributed by atoms with E-state index in [-0.39, 0.29) is 5.91 Å². The molecular weight excluding hydrogens is 366 g/mol. The lowest BCUT2D eigenvalue weighted by molar-refractivity contribution is -0.134. The molecule has 1 aromatic heterocycles. The van der Waals surface area contributed by atoms with E-state index in [1.807, 2.05) is 24.3 Å². The van der Waals surface area contributed by atoms with Crippen LogP contribution in [0.5, 0.6) is 5.75 Å². The average molecular weight is 393 g/mol. The number of aliphatic carboxylic acids is 1. The number of H-pyrrole nitrogens is 1. The predicted octanol–water partition coefficient (Wildman–Crippen LogP) is 0.659. The lowest BCUT2D eigenvalue weighted by atomic mass is 10.1. The molecule has 0 radical (unpaired) electrons. The van der Waals surface area contributed by atoms with Crippen molar-refractivity contribution in [2.75, 3.05) is 13.7 Å². The fourth-order valence-corrected chi connectivity index (χ4v) is 2.37. The summed E-state index contributed by atoms with van der Waals surface area (Å²) in [5.41, 5.74) is 12.6. The maximum absolute atomic E-state index is 12.0. The van der Waals surface area contributed by atoms with Gasteiger partial charge >= 0.3 is 6.03 Å². The Morgan fingerprint density at radius 1 is 1.25 bits per heavy atom. The van der Waals surface area contributed by atoms with Crippen molar-refractivity contribution in [1.29, 1.82) is 0 Å². The van der Waals surface area contributed by atoms with Gasteiger partial charge < -0.3 is 36.9 Å². The minimum atomic E-state index is -0.833. The molecule has 1 heterocycles. The molecule has 0 bridgehead atoms. The van der Waals surface area contributed by atoms with Gasteiger partial charge in [0.1, 0.15) is 5.75 Å². The average Bonchev–Trinajstić information content (AvgIpc) is 3.04. The number of primary amides is 1. The van der Waals surface area contributed by atoms with E-state index in [2.05, 4.69) is 15.6 Å². The Morgan fingerprint density at radius 3 is 2.54 bits per heavy atom. The molecule has 0 saturated heterocycles. The highest BCUT2D eigenvalue weighted by Crippen LogP contribution is 2.21. The molecule has 0 aliphatic rings. The van der Waals surface area contributed by atoms with Crippen molar-refractivity contribution >= 4 is 28.8 Å². The number of ether oxygens (including phenoxy) is 1. The monoisotopic (exact) mass is 393 g/mol. The van der Waals surface area contributed by atoms with Crippen molar-refractivity contribution in [2.45, 2.75) is 32.4 Å². The summed E-state index contributed by atoms with van der Waals surface area (Å²) in [6.45, 7) is 1.85. The number of fused-ring (bicyclic) bond motifs is 1. The Labute approximate surface area is 162 Å². The van der Waals surface area contributed by atoms with Crippen molar-refractivity contribution in [3.63, 3.8) is 0 Å². The van der Waals surface area contributed by atoms with E-state index < -0.39 is 18.0 Å². The zero-order valence-corrected chi connectivity index (χ0v) is 16.0. The zero-order valence-electron chi connectivity index (χ0n) is 16.0. The zero-order chi connectivity index (χ0) is 21.1. The van der Waals surface area contributed by atoms with Gasteiger partial charge in [-0.15, -0.1) is 0 Å². The molecule has 0 saturated carbocycles. The minimum absolute atomic E-state index is 0.231. The molecule has 2 rings (SSSR count). The number of nitrogens with one attached hydrogen (secondary N) is 3. The van der Waals surface area contributed by atoms with Gasteiger partial charge in [0.05, 0.1) is 19.7 Å². The van der Waals surface area contributed by atoms with Crippen molar-refractivity contribution in [3.05, 3.63) is 30.0 Å². The smallest absolute Gasteiger partial charge is 0.312 e. The number of methoxy groups -OCH3 is 1. The Balaban J connectivity index is 0.000000892. The summed E-state index contributed by atoms with van der Waals surface area (Å²) in [5, 5.41) is 13.7. The lowest BCUT2D eigenvalue weighted by Crippen LogP contribution is -2.41. The number of urea groups is 1. The molecule has 0 aliphatic carbocycles. The van der Waals surface area contributed by atoms with Gasteiger partial charge in [0.15, 0.2) is 0 Å². The topological polar surface area (TPSA) is 173 Å². The third-order valence-electron chi connectivity index (χ3n) is 3.66. The number of rotatable bonds is 8. The highest BCUT2D eigenvalue weighted by atomic mass is 16.5. The van der Waals surface area contributed by atoms with E-state index in [4.69, 9.17) is 26.1 Å². The van der Waals surface area contributed by atoms with E-state index in [1.165, 1.54) is 0 Å². The molecule has 8 N–H and O–H groups in total. The van der Waals surface area contributed by atoms with Crippen molar-refractivity contribution in [3.8, 4) is 5.75 Å². The van der Waals surface area contributed by atoms with E-state index in [9.17, 15) is 9.59 Å². The third kappa shape index (κ3) is 8.41. The summed E-state index contributed by atoms with van der Waals surface area (Å²) < 4.78 is 5.19. The van der Waals surface area contributed by atoms with Crippen LogP contribution in [-0.2, 0) is 16.1 Å². The van der Waals surface area contributed by atoms with Gasteiger partial charge in [-0.05, 0) is 37.1 Å². The number of amides is 3. The van der Waals surface area contributed by atoms with E-state index >= 15 is 0 Å². The summed E-state index contributed by atoms with van der Waals surface area (Å²) in [6.07, 6.45) is 1.06. The number of benzene rings is 1. The number of carboxylic acids is 1. The second-order valence-electron chi connectivity index (χ2n) is 6.02. The Bertz CT molecular complexity index is 801. The summed E-state index contributed by atoms with van der Waals surface area (Å²) in [5.74, 6) is -0.283. The normalized spacial score (nSPS) is 11.1. The molecule has 2 aromatic rings. The van der Waals surface area contributed by atoms with Gasteiger partial charge in [-0.3, -0.25) is 9.59 Å². The van der Waals surface area contributed by atoms with Crippen LogP contribution in [0.25, 0.3) is 10.9 Å². The Hall–Kier alpha value is -3.27. The predicted molar refractivity (Wildman–Crippen MR) is 105 cm³/mol. The van der Waals surface area contributed by atoms with Crippen molar-refractivity contribution in [2.24, 2.45) is 11.5 Å². The number of carboxylic acid groups (broad SMARTS) is 1. The van der Waals surface area contributed by atoms with Crippen LogP contribution >= 0.6 is 0 Å². The summed E-state index contributed by atoms with van der Waals surface area (Å²) in [6, 6.07) is 6.48. The molecule has 28 heavy (non-hydrogen) atoms. The second-order valence-corrected chi connectivity index (χ2v) is 6.02. The quantitative estimate of drug-likeness (QED) is 0.359. The van der Waals surface area contributed by atoms with Crippen LogP contribution in [0, 0.1) is 0 Å². The molecule has 154 valence electrons. The standard InChI is InChI=1S/C16H23N5O3.C2H4O2/c1-24-12-4-5-14-10(8-12)7-11(21-14)9-20-15(22)13(17)3-2-6-19-16(18)23;1-2(3)4/h4-5,7-8,13,21H,2-3,6,9,17H2,1H3,(H,20,22)(H3,18,19,23);1H3,(H,3,4)/t13-;/m0./s1. The number of hydrogen-bond donors (Lipinski definition) is 6. The maximum Gasteiger partial charge on any atom is 0.312 e. The van der Waals surface area contributed by atoms with Gasteiger partial charge in [0.2, 0.25) is 5.91 Å². The fourth-order valence-electron chi connectivity index (χ4n) is 2.37. The summed E-state index contributed by atoms with van der Waals surface area (Å²) >= 11 is 0. The molecule has 10 nitrogen and oxygen atoms in total. The summed E-state index contributed by atoms with van der Waals surface area (Å²) in [4.78, 5) is 34.8. The molecule has 0 unspecified atom stereocenters. The number of aromatic amines is 1. The molecule has 0 spiro atoms. The fraction of sp³-hybridized carbons (Fsp3) is 0.389. The van der Waals surface area contributed by atoms with Crippen molar-refractivity contribution < 1.29 is 24.2 Å². The summed E-state index contributed by atoms with van der Waals surface area (Å²) in [7, 11) is 1.62. The molecule has 0 aliphatic heterocycles. The van der Waals surface area contributed by atoms with Crippen LogP contribution in [0.3, 0.4) is 0 Å². The molecule has 10 heteroatoms. The Morgan fingerprint density at radius 2 is 1.93 bits per heavy atom. The largest absolute Gasteiger partial charge is 0.497 e. The van der Waals surface area contributed by atoms with E-state index in [0.717, 1.165) is 29.3 Å². The number of carbonyl (C=O) groups is 3. The third-order valence-corrected chi connectivity index (χ3v) is 3.66. The van der Waals surface area contributed by atoms with Crippen LogP contribution in [0.4, 0.5) is 4.79 Å². The molecule has 1 atom stereocenters. The van der Waals surface area contributed by atoms with E-state index in [0.29, 0.717) is 25.9 Å². The van der Waals surface area contributed by atoms with E-state index in [1.54, 1.807) is 7.11 Å². The van der Waals surface area contributed by atoms with Gasteiger partial charge in [0, 0.05) is 30.1 Å². The first-order valence-electron chi connectivity index (χ1n) is 8.64. The first-order chi connectivity index (χ1) is 13.2. The number of aromatic nitrogens is 1. The van der Waals surface area contributed by atoms with Gasteiger partial charge in [-0.2, -0.15) is 0 Å². The Kier molecular flexibility index (Phi) is 9.31. The number of carbonyl (C=O) groups excluding carboxylic acids is 2. The highest BCUT2D eigenvalue weighted by Gasteiger charge is 2.13. The molecular formula is C18H27N5O5. The van der Waals surface area contributed by atoms with Gasteiger partial charge in [0.25, 0.3) is 5.97 Å². The van der Waals surface area contributed by atoms with Gasteiger partial charge in [-0.25, -0.2) is 4.79 Å². The maximum atomic E-state index is 12.0. The van der Waals surface area contributed by atoms with Crippen LogP contribution < -0.4 is 26.8 Å². The second kappa shape index (κ2) is 11.4. The first-order valence-corrected chi connectivity index (χ1v) is 8.64.